The number of hydrogen-bond acceptors (Lipinski definition) is 3. The number of piperidine rings is 1. The predicted octanol–water partition coefficient (Wildman–Crippen LogP) is 1.88. The topological polar surface area (TPSA) is 58.4 Å². The zero-order valence-corrected chi connectivity index (χ0v) is 12.8. The van der Waals surface area contributed by atoms with Gasteiger partial charge in [-0.1, -0.05) is 26.2 Å². The monoisotopic (exact) mass is 269 g/mol. The van der Waals surface area contributed by atoms with Crippen LogP contribution in [0.25, 0.3) is 0 Å². The maximum absolute atomic E-state index is 12.0. The zero-order chi connectivity index (χ0) is 14.3. The third-order valence-electron chi connectivity index (χ3n) is 4.06. The van der Waals surface area contributed by atoms with Crippen molar-refractivity contribution >= 4 is 5.91 Å². The first-order chi connectivity index (χ1) is 9.04. The Morgan fingerprint density at radius 3 is 2.47 bits per heavy atom. The molecule has 1 aliphatic rings. The van der Waals surface area contributed by atoms with Gasteiger partial charge in [0, 0.05) is 25.2 Å². The molecule has 4 nitrogen and oxygen atoms in total. The Balaban J connectivity index is 2.22. The lowest BCUT2D eigenvalue weighted by Gasteiger charge is -2.35. The smallest absolute Gasteiger partial charge is 0.237 e. The van der Waals surface area contributed by atoms with Crippen LogP contribution < -0.4 is 11.1 Å². The van der Waals surface area contributed by atoms with Gasteiger partial charge >= 0.3 is 0 Å². The van der Waals surface area contributed by atoms with E-state index in [4.69, 9.17) is 5.73 Å². The van der Waals surface area contributed by atoms with Crippen LogP contribution in [0.1, 0.15) is 59.3 Å². The Kier molecular flexibility index (Phi) is 7.39. The highest BCUT2D eigenvalue weighted by Gasteiger charge is 2.23. The van der Waals surface area contributed by atoms with Crippen molar-refractivity contribution in [3.63, 3.8) is 0 Å². The largest absolute Gasteiger partial charge is 0.352 e. The molecule has 1 rings (SSSR count). The molecule has 0 aromatic heterocycles. The molecule has 112 valence electrons. The van der Waals surface area contributed by atoms with Gasteiger partial charge in [0.25, 0.3) is 0 Å². The van der Waals surface area contributed by atoms with E-state index in [0.29, 0.717) is 12.1 Å². The summed E-state index contributed by atoms with van der Waals surface area (Å²) in [6.45, 7) is 8.76. The van der Waals surface area contributed by atoms with E-state index >= 15 is 0 Å². The fraction of sp³-hybridized carbons (Fsp3) is 0.933. The van der Waals surface area contributed by atoms with Crippen LogP contribution in [0.2, 0.25) is 0 Å². The van der Waals surface area contributed by atoms with E-state index in [9.17, 15) is 4.79 Å². The highest BCUT2D eigenvalue weighted by atomic mass is 16.2. The number of likely N-dealkylation sites (tertiary alicyclic amines) is 1. The van der Waals surface area contributed by atoms with Crippen molar-refractivity contribution in [1.82, 2.24) is 10.2 Å². The average Bonchev–Trinajstić information content (AvgIpc) is 2.39. The first-order valence-corrected chi connectivity index (χ1v) is 7.84. The van der Waals surface area contributed by atoms with Crippen molar-refractivity contribution in [1.29, 1.82) is 0 Å². The fourth-order valence-corrected chi connectivity index (χ4v) is 2.61. The molecule has 0 saturated carbocycles. The molecule has 1 heterocycles. The summed E-state index contributed by atoms with van der Waals surface area (Å²) in [4.78, 5) is 14.4. The summed E-state index contributed by atoms with van der Waals surface area (Å²) < 4.78 is 0. The van der Waals surface area contributed by atoms with Gasteiger partial charge in [-0.25, -0.2) is 0 Å². The van der Waals surface area contributed by atoms with Crippen molar-refractivity contribution < 1.29 is 4.79 Å². The van der Waals surface area contributed by atoms with Crippen LogP contribution in [0, 0.1) is 0 Å². The Hall–Kier alpha value is -0.610. The highest BCUT2D eigenvalue weighted by molar-refractivity contribution is 5.81. The molecule has 0 radical (unpaired) electrons. The minimum absolute atomic E-state index is 0.0408. The van der Waals surface area contributed by atoms with Gasteiger partial charge in [0.1, 0.15) is 0 Å². The molecule has 0 unspecified atom stereocenters. The summed E-state index contributed by atoms with van der Waals surface area (Å²) >= 11 is 0. The van der Waals surface area contributed by atoms with Crippen LogP contribution >= 0.6 is 0 Å². The summed E-state index contributed by atoms with van der Waals surface area (Å²) in [7, 11) is 0. The summed E-state index contributed by atoms with van der Waals surface area (Å²) in [6.07, 6.45) is 6.29. The Labute approximate surface area is 118 Å². The molecular formula is C15H31N3O. The van der Waals surface area contributed by atoms with Gasteiger partial charge in [-0.3, -0.25) is 4.79 Å². The lowest BCUT2D eigenvalue weighted by Crippen LogP contribution is -2.50. The molecule has 3 N–H and O–H groups in total. The molecule has 1 saturated heterocycles. The molecule has 0 aliphatic carbocycles. The van der Waals surface area contributed by atoms with Crippen molar-refractivity contribution in [2.24, 2.45) is 5.73 Å². The van der Waals surface area contributed by atoms with E-state index in [2.05, 4.69) is 31.0 Å². The van der Waals surface area contributed by atoms with Crippen molar-refractivity contribution in [2.45, 2.75) is 77.4 Å². The molecule has 4 heteroatoms. The Morgan fingerprint density at radius 2 is 1.95 bits per heavy atom. The summed E-state index contributed by atoms with van der Waals surface area (Å²) in [5.74, 6) is 0.0408. The molecular weight excluding hydrogens is 238 g/mol. The first kappa shape index (κ1) is 16.4. The number of nitrogens with two attached hydrogens (primary N) is 1. The van der Waals surface area contributed by atoms with Crippen molar-refractivity contribution in [3.8, 4) is 0 Å². The zero-order valence-electron chi connectivity index (χ0n) is 12.8. The summed E-state index contributed by atoms with van der Waals surface area (Å²) in [6, 6.07) is 0.599. The second kappa shape index (κ2) is 8.54. The van der Waals surface area contributed by atoms with Gasteiger partial charge in [0.2, 0.25) is 5.91 Å². The van der Waals surface area contributed by atoms with Crippen LogP contribution in [-0.4, -0.2) is 42.0 Å². The number of nitrogens with one attached hydrogen (secondary N) is 1. The van der Waals surface area contributed by atoms with E-state index in [1.807, 2.05) is 0 Å². The van der Waals surface area contributed by atoms with E-state index in [1.54, 1.807) is 0 Å². The molecule has 1 amide bonds. The lowest BCUT2D eigenvalue weighted by atomic mass is 10.0. The van der Waals surface area contributed by atoms with Gasteiger partial charge in [-0.15, -0.1) is 0 Å². The molecule has 0 spiro atoms. The quantitative estimate of drug-likeness (QED) is 0.694. The summed E-state index contributed by atoms with van der Waals surface area (Å²) in [5, 5.41) is 3.11. The van der Waals surface area contributed by atoms with Gasteiger partial charge in [-0.2, -0.15) is 0 Å². The predicted molar refractivity (Wildman–Crippen MR) is 80.0 cm³/mol. The maximum Gasteiger partial charge on any atom is 0.237 e. The molecule has 0 aromatic carbocycles. The standard InChI is InChI=1S/C15H31N3O/c1-4-5-6-7-14(16)15(19)17-13-8-10-18(11-9-13)12(2)3/h12-14H,4-11,16H2,1-3H3,(H,17,19)/t14-/m0/s1. The van der Waals surface area contributed by atoms with Crippen LogP contribution in [-0.2, 0) is 4.79 Å². The molecule has 0 aromatic rings. The van der Waals surface area contributed by atoms with Crippen LogP contribution in [0.5, 0.6) is 0 Å². The Morgan fingerprint density at radius 1 is 1.32 bits per heavy atom. The number of nitrogens with zero attached hydrogens (tertiary/aromatic N) is 1. The molecule has 19 heavy (non-hydrogen) atoms. The van der Waals surface area contributed by atoms with Crippen molar-refractivity contribution in [2.75, 3.05) is 13.1 Å². The Bertz CT molecular complexity index is 260. The molecule has 1 fully saturated rings. The summed E-state index contributed by atoms with van der Waals surface area (Å²) in [5.41, 5.74) is 5.93. The van der Waals surface area contributed by atoms with Crippen molar-refractivity contribution in [3.05, 3.63) is 0 Å². The molecule has 1 atom stereocenters. The molecule has 0 bridgehead atoms. The first-order valence-electron chi connectivity index (χ1n) is 7.84. The number of carbonyl (C=O) groups excluding carboxylic acids is 1. The highest BCUT2D eigenvalue weighted by Crippen LogP contribution is 2.13. The maximum atomic E-state index is 12.0. The van der Waals surface area contributed by atoms with Crippen LogP contribution in [0.4, 0.5) is 0 Å². The minimum atomic E-state index is -0.324. The third kappa shape index (κ3) is 5.91. The van der Waals surface area contributed by atoms with Crippen LogP contribution in [0.3, 0.4) is 0 Å². The number of carbonyl (C=O) groups is 1. The fourth-order valence-electron chi connectivity index (χ4n) is 2.61. The van der Waals surface area contributed by atoms with Gasteiger partial charge < -0.3 is 16.0 Å². The van der Waals surface area contributed by atoms with Gasteiger partial charge in [0.15, 0.2) is 0 Å². The average molecular weight is 269 g/mol. The van der Waals surface area contributed by atoms with E-state index < -0.39 is 0 Å². The second-order valence-electron chi connectivity index (χ2n) is 6.01. The van der Waals surface area contributed by atoms with Gasteiger partial charge in [-0.05, 0) is 33.1 Å². The lowest BCUT2D eigenvalue weighted by molar-refractivity contribution is -0.123. The second-order valence-corrected chi connectivity index (χ2v) is 6.01. The van der Waals surface area contributed by atoms with E-state index in [-0.39, 0.29) is 11.9 Å². The molecule has 1 aliphatic heterocycles. The number of amides is 1. The third-order valence-corrected chi connectivity index (χ3v) is 4.06. The minimum Gasteiger partial charge on any atom is -0.352 e. The number of unbranched alkanes of at least 4 members (excludes halogenated alkanes) is 2. The number of hydrogen-bond donors (Lipinski definition) is 2. The number of rotatable bonds is 7. The van der Waals surface area contributed by atoms with Crippen LogP contribution in [0.15, 0.2) is 0 Å². The van der Waals surface area contributed by atoms with Gasteiger partial charge in [0.05, 0.1) is 6.04 Å². The van der Waals surface area contributed by atoms with E-state index in [0.717, 1.165) is 45.2 Å². The SMILES string of the molecule is CCCCC[C@H](N)C(=O)NC1CCN(C(C)C)CC1. The van der Waals surface area contributed by atoms with E-state index in [1.165, 1.54) is 6.42 Å². The normalized spacial score (nSPS) is 19.6.